The van der Waals surface area contributed by atoms with Crippen molar-refractivity contribution in [3.05, 3.63) is 48.0 Å². The van der Waals surface area contributed by atoms with Crippen LogP contribution < -0.4 is 0 Å². The molecule has 0 saturated carbocycles. The van der Waals surface area contributed by atoms with Crippen molar-refractivity contribution in [2.24, 2.45) is 0 Å². The summed E-state index contributed by atoms with van der Waals surface area (Å²) in [6, 6.07) is 13.9. The van der Waals surface area contributed by atoms with E-state index in [9.17, 15) is 0 Å². The maximum atomic E-state index is 8.93. The molecule has 2 rings (SSSR count). The number of hydrogen-bond acceptors (Lipinski definition) is 2. The molecule has 0 saturated heterocycles. The van der Waals surface area contributed by atoms with Gasteiger partial charge in [0.05, 0.1) is 0 Å². The van der Waals surface area contributed by atoms with Crippen molar-refractivity contribution in [2.75, 3.05) is 0 Å². The van der Waals surface area contributed by atoms with Gasteiger partial charge < -0.3 is 10.2 Å². The molecule has 2 aromatic rings. The average molecular weight is 173 g/mol. The van der Waals surface area contributed by atoms with Crippen LogP contribution in [0.5, 0.6) is 0 Å². The standard InChI is InChI=1S/C11H9O2/c12-11(13)10-6-5-8-3-1-2-4-9(8)7-10/h1-2,4-7,11-13H. The summed E-state index contributed by atoms with van der Waals surface area (Å²) in [5.41, 5.74) is 0.507. The zero-order chi connectivity index (χ0) is 9.26. The maximum Gasteiger partial charge on any atom is 0.178 e. The van der Waals surface area contributed by atoms with Gasteiger partial charge in [0, 0.05) is 5.56 Å². The highest BCUT2D eigenvalue weighted by Crippen LogP contribution is 2.18. The van der Waals surface area contributed by atoms with Crippen LogP contribution in [0.4, 0.5) is 0 Å². The summed E-state index contributed by atoms with van der Waals surface area (Å²) in [6.07, 6.45) is -1.40. The van der Waals surface area contributed by atoms with Gasteiger partial charge >= 0.3 is 0 Å². The number of hydrogen-bond donors (Lipinski definition) is 2. The van der Waals surface area contributed by atoms with Gasteiger partial charge in [-0.1, -0.05) is 30.3 Å². The van der Waals surface area contributed by atoms with Crippen LogP contribution in [0.25, 0.3) is 10.8 Å². The molecule has 0 aliphatic rings. The monoisotopic (exact) mass is 173 g/mol. The minimum absolute atomic E-state index is 0.507. The second-order valence-electron chi connectivity index (χ2n) is 2.89. The predicted octanol–water partition coefficient (Wildman–Crippen LogP) is 1.62. The van der Waals surface area contributed by atoms with E-state index in [2.05, 4.69) is 6.07 Å². The summed E-state index contributed by atoms with van der Waals surface area (Å²) in [6.45, 7) is 0. The SMILES string of the molecule is OC(O)c1ccc2[c]cccc2c1. The van der Waals surface area contributed by atoms with Gasteiger partial charge in [-0.15, -0.1) is 0 Å². The largest absolute Gasteiger partial charge is 0.364 e. The fourth-order valence-corrected chi connectivity index (χ4v) is 1.30. The molecule has 0 aliphatic carbocycles. The first-order valence-electron chi connectivity index (χ1n) is 4.04. The Bertz CT molecular complexity index is 421. The van der Waals surface area contributed by atoms with Gasteiger partial charge in [0.1, 0.15) is 0 Å². The Hall–Kier alpha value is -1.38. The second kappa shape index (κ2) is 3.17. The minimum atomic E-state index is -1.40. The molecule has 0 unspecified atom stereocenters. The molecule has 0 aliphatic heterocycles. The van der Waals surface area contributed by atoms with Gasteiger partial charge in [-0.3, -0.25) is 0 Å². The van der Waals surface area contributed by atoms with Gasteiger partial charge in [-0.25, -0.2) is 0 Å². The smallest absolute Gasteiger partial charge is 0.178 e. The summed E-state index contributed by atoms with van der Waals surface area (Å²) in [4.78, 5) is 0. The Kier molecular flexibility index (Phi) is 2.00. The molecule has 2 heteroatoms. The normalized spacial score (nSPS) is 11.0. The summed E-state index contributed by atoms with van der Waals surface area (Å²) in [7, 11) is 0. The zero-order valence-corrected chi connectivity index (χ0v) is 6.94. The molecule has 1 radical (unpaired) electrons. The van der Waals surface area contributed by atoms with Crippen molar-refractivity contribution in [2.45, 2.75) is 6.29 Å². The van der Waals surface area contributed by atoms with Gasteiger partial charge in [0.15, 0.2) is 6.29 Å². The van der Waals surface area contributed by atoms with E-state index in [0.717, 1.165) is 10.8 Å². The quantitative estimate of drug-likeness (QED) is 0.643. The third kappa shape index (κ3) is 1.54. The maximum absolute atomic E-state index is 8.93. The fourth-order valence-electron chi connectivity index (χ4n) is 1.30. The van der Waals surface area contributed by atoms with Crippen LogP contribution in [0.3, 0.4) is 0 Å². The first-order chi connectivity index (χ1) is 6.27. The number of fused-ring (bicyclic) bond motifs is 1. The summed E-state index contributed by atoms with van der Waals surface area (Å²) >= 11 is 0. The summed E-state index contributed by atoms with van der Waals surface area (Å²) in [5, 5.41) is 19.8. The molecule has 0 amide bonds. The van der Waals surface area contributed by atoms with Crippen LogP contribution in [0.15, 0.2) is 36.4 Å². The molecular weight excluding hydrogens is 164 g/mol. The molecule has 65 valence electrons. The van der Waals surface area contributed by atoms with Crippen LogP contribution >= 0.6 is 0 Å². The molecule has 0 aromatic heterocycles. The van der Waals surface area contributed by atoms with Crippen molar-refractivity contribution in [3.8, 4) is 0 Å². The van der Waals surface area contributed by atoms with Crippen molar-refractivity contribution in [3.63, 3.8) is 0 Å². The first-order valence-corrected chi connectivity index (χ1v) is 4.04. The number of benzene rings is 2. The Morgan fingerprint density at radius 3 is 2.77 bits per heavy atom. The highest BCUT2D eigenvalue weighted by molar-refractivity contribution is 5.82. The second-order valence-corrected chi connectivity index (χ2v) is 2.89. The molecule has 0 bridgehead atoms. The molecule has 0 atom stereocenters. The highest BCUT2D eigenvalue weighted by atomic mass is 16.5. The number of aliphatic hydroxyl groups is 2. The third-order valence-electron chi connectivity index (χ3n) is 1.98. The Morgan fingerprint density at radius 2 is 2.00 bits per heavy atom. The van der Waals surface area contributed by atoms with Crippen molar-refractivity contribution >= 4 is 10.8 Å². The van der Waals surface area contributed by atoms with E-state index >= 15 is 0 Å². The van der Waals surface area contributed by atoms with Crippen LogP contribution in [-0.4, -0.2) is 10.2 Å². The van der Waals surface area contributed by atoms with Crippen molar-refractivity contribution in [1.29, 1.82) is 0 Å². The molecule has 2 aromatic carbocycles. The van der Waals surface area contributed by atoms with E-state index in [1.807, 2.05) is 24.3 Å². The lowest BCUT2D eigenvalue weighted by molar-refractivity contribution is -0.0423. The van der Waals surface area contributed by atoms with E-state index in [1.165, 1.54) is 0 Å². The topological polar surface area (TPSA) is 40.5 Å². The Balaban J connectivity index is 2.62. The molecular formula is C11H9O2. The fraction of sp³-hybridized carbons (Fsp3) is 0.0909. The molecule has 2 nitrogen and oxygen atoms in total. The van der Waals surface area contributed by atoms with Gasteiger partial charge in [-0.2, -0.15) is 0 Å². The number of aliphatic hydroxyl groups excluding tert-OH is 1. The predicted molar refractivity (Wildman–Crippen MR) is 50.0 cm³/mol. The van der Waals surface area contributed by atoms with Gasteiger partial charge in [0.2, 0.25) is 0 Å². The zero-order valence-electron chi connectivity index (χ0n) is 6.94. The molecule has 13 heavy (non-hydrogen) atoms. The van der Waals surface area contributed by atoms with E-state index in [4.69, 9.17) is 10.2 Å². The van der Waals surface area contributed by atoms with Crippen LogP contribution in [0, 0.1) is 6.07 Å². The molecule has 2 N–H and O–H groups in total. The lowest BCUT2D eigenvalue weighted by Crippen LogP contribution is -1.93. The lowest BCUT2D eigenvalue weighted by Gasteiger charge is -2.04. The lowest BCUT2D eigenvalue weighted by atomic mass is 10.1. The van der Waals surface area contributed by atoms with E-state index < -0.39 is 6.29 Å². The van der Waals surface area contributed by atoms with Crippen molar-refractivity contribution in [1.82, 2.24) is 0 Å². The van der Waals surface area contributed by atoms with E-state index in [-0.39, 0.29) is 0 Å². The van der Waals surface area contributed by atoms with Crippen molar-refractivity contribution < 1.29 is 10.2 Å². The minimum Gasteiger partial charge on any atom is -0.364 e. The van der Waals surface area contributed by atoms with E-state index in [1.54, 1.807) is 12.1 Å². The van der Waals surface area contributed by atoms with E-state index in [0.29, 0.717) is 5.56 Å². The van der Waals surface area contributed by atoms with Crippen LogP contribution in [0.2, 0.25) is 0 Å². The average Bonchev–Trinajstić information content (AvgIpc) is 2.17. The van der Waals surface area contributed by atoms with Crippen LogP contribution in [-0.2, 0) is 0 Å². The summed E-state index contributed by atoms with van der Waals surface area (Å²) in [5.74, 6) is 0. The van der Waals surface area contributed by atoms with Gasteiger partial charge in [-0.05, 0) is 22.9 Å². The highest BCUT2D eigenvalue weighted by Gasteiger charge is 2.02. The van der Waals surface area contributed by atoms with Gasteiger partial charge in [0.25, 0.3) is 0 Å². The molecule has 0 spiro atoms. The Morgan fingerprint density at radius 1 is 1.15 bits per heavy atom. The van der Waals surface area contributed by atoms with Crippen LogP contribution in [0.1, 0.15) is 11.9 Å². The molecule has 0 heterocycles. The first kappa shape index (κ1) is 8.23. The third-order valence-corrected chi connectivity index (χ3v) is 1.98. The molecule has 0 fully saturated rings. The summed E-state index contributed by atoms with van der Waals surface area (Å²) < 4.78 is 0. The number of rotatable bonds is 1. The Labute approximate surface area is 76.1 Å².